The van der Waals surface area contributed by atoms with Gasteiger partial charge in [0.15, 0.2) is 0 Å². The molecule has 1 heterocycles. The molecule has 0 spiro atoms. The van der Waals surface area contributed by atoms with Crippen molar-refractivity contribution in [3.63, 3.8) is 0 Å². The first kappa shape index (κ1) is 16.9. The monoisotopic (exact) mass is 309 g/mol. The van der Waals surface area contributed by atoms with Gasteiger partial charge in [0.25, 0.3) is 0 Å². The number of aryl methyl sites for hydroxylation is 1. The molecule has 0 unspecified atom stereocenters. The number of amides is 1. The standard InChI is InChI=1S/C19H23N3O/c1-13(2)19(23)21-11-15-6-5-7-16(10-15)18-9-8-17(12-20-4)14(3)22-18/h5-10,12-13H,11H2,1-4H3,(H,21,23). The third-order valence-corrected chi connectivity index (χ3v) is 3.61. The first-order chi connectivity index (χ1) is 11.0. The van der Waals surface area contributed by atoms with Crippen molar-refractivity contribution < 1.29 is 4.79 Å². The van der Waals surface area contributed by atoms with Gasteiger partial charge in [-0.25, -0.2) is 0 Å². The minimum absolute atomic E-state index is 0.00438. The van der Waals surface area contributed by atoms with Gasteiger partial charge in [-0.2, -0.15) is 0 Å². The van der Waals surface area contributed by atoms with E-state index in [1.165, 1.54) is 0 Å². The molecular weight excluding hydrogens is 286 g/mol. The second-order valence-corrected chi connectivity index (χ2v) is 5.83. The van der Waals surface area contributed by atoms with Crippen molar-refractivity contribution in [3.8, 4) is 11.3 Å². The lowest BCUT2D eigenvalue weighted by Gasteiger charge is -2.10. The maximum atomic E-state index is 11.7. The summed E-state index contributed by atoms with van der Waals surface area (Å²) in [6, 6.07) is 12.1. The van der Waals surface area contributed by atoms with E-state index in [-0.39, 0.29) is 11.8 Å². The Balaban J connectivity index is 2.19. The smallest absolute Gasteiger partial charge is 0.222 e. The molecule has 0 aliphatic heterocycles. The molecular formula is C19H23N3O. The highest BCUT2D eigenvalue weighted by Gasteiger charge is 2.07. The SMILES string of the molecule is CN=Cc1ccc(-c2cccc(CNC(=O)C(C)C)c2)nc1C. The van der Waals surface area contributed by atoms with Crippen LogP contribution in [-0.2, 0) is 11.3 Å². The van der Waals surface area contributed by atoms with Crippen LogP contribution in [-0.4, -0.2) is 24.2 Å². The van der Waals surface area contributed by atoms with Gasteiger partial charge in [-0.1, -0.05) is 32.0 Å². The number of aromatic nitrogens is 1. The first-order valence-corrected chi connectivity index (χ1v) is 7.78. The van der Waals surface area contributed by atoms with Gasteiger partial charge in [-0.15, -0.1) is 0 Å². The van der Waals surface area contributed by atoms with Crippen LogP contribution in [0.5, 0.6) is 0 Å². The average Bonchev–Trinajstić information content (AvgIpc) is 2.54. The molecule has 2 aromatic rings. The van der Waals surface area contributed by atoms with Gasteiger partial charge in [0.2, 0.25) is 5.91 Å². The largest absolute Gasteiger partial charge is 0.352 e. The number of nitrogens with one attached hydrogen (secondary N) is 1. The lowest BCUT2D eigenvalue weighted by molar-refractivity contribution is -0.124. The number of benzene rings is 1. The topological polar surface area (TPSA) is 54.4 Å². The summed E-state index contributed by atoms with van der Waals surface area (Å²) in [6.45, 7) is 6.29. The molecule has 0 saturated carbocycles. The quantitative estimate of drug-likeness (QED) is 0.861. The molecule has 120 valence electrons. The van der Waals surface area contributed by atoms with Gasteiger partial charge < -0.3 is 5.32 Å². The zero-order chi connectivity index (χ0) is 16.8. The van der Waals surface area contributed by atoms with Crippen molar-refractivity contribution in [2.45, 2.75) is 27.3 Å². The van der Waals surface area contributed by atoms with Crippen LogP contribution < -0.4 is 5.32 Å². The summed E-state index contributed by atoms with van der Waals surface area (Å²) >= 11 is 0. The molecule has 1 aromatic heterocycles. The highest BCUT2D eigenvalue weighted by atomic mass is 16.1. The molecule has 2 rings (SSSR count). The van der Waals surface area contributed by atoms with Gasteiger partial charge in [-0.3, -0.25) is 14.8 Å². The lowest BCUT2D eigenvalue weighted by Crippen LogP contribution is -2.27. The Morgan fingerprint density at radius 1 is 1.30 bits per heavy atom. The van der Waals surface area contributed by atoms with Crippen LogP contribution in [0.2, 0.25) is 0 Å². The van der Waals surface area contributed by atoms with Crippen molar-refractivity contribution in [1.82, 2.24) is 10.3 Å². The van der Waals surface area contributed by atoms with Crippen molar-refractivity contribution in [2.24, 2.45) is 10.9 Å². The van der Waals surface area contributed by atoms with Crippen LogP contribution in [0.25, 0.3) is 11.3 Å². The van der Waals surface area contributed by atoms with Crippen molar-refractivity contribution in [1.29, 1.82) is 0 Å². The number of rotatable bonds is 5. The zero-order valence-corrected chi connectivity index (χ0v) is 14.1. The number of pyridine rings is 1. The third kappa shape index (κ3) is 4.49. The number of hydrogen-bond acceptors (Lipinski definition) is 3. The maximum absolute atomic E-state index is 11.7. The Morgan fingerprint density at radius 2 is 2.09 bits per heavy atom. The summed E-state index contributed by atoms with van der Waals surface area (Å²) in [5, 5.41) is 2.94. The summed E-state index contributed by atoms with van der Waals surface area (Å²) in [7, 11) is 1.75. The van der Waals surface area contributed by atoms with Crippen LogP contribution in [0.3, 0.4) is 0 Å². The zero-order valence-electron chi connectivity index (χ0n) is 14.1. The molecule has 0 aliphatic carbocycles. The normalized spacial score (nSPS) is 11.2. The minimum Gasteiger partial charge on any atom is -0.352 e. The average molecular weight is 309 g/mol. The fourth-order valence-corrected chi connectivity index (χ4v) is 2.24. The second kappa shape index (κ2) is 7.68. The molecule has 4 nitrogen and oxygen atoms in total. The summed E-state index contributed by atoms with van der Waals surface area (Å²) in [6.07, 6.45) is 1.81. The Labute approximate surface area is 137 Å². The van der Waals surface area contributed by atoms with E-state index in [9.17, 15) is 4.79 Å². The Morgan fingerprint density at radius 3 is 2.74 bits per heavy atom. The fourth-order valence-electron chi connectivity index (χ4n) is 2.24. The molecule has 4 heteroatoms. The number of carbonyl (C=O) groups excluding carboxylic acids is 1. The van der Waals surface area contributed by atoms with Gasteiger partial charge in [0, 0.05) is 42.5 Å². The van der Waals surface area contributed by atoms with E-state index in [4.69, 9.17) is 0 Å². The third-order valence-electron chi connectivity index (χ3n) is 3.61. The molecule has 1 aromatic carbocycles. The first-order valence-electron chi connectivity index (χ1n) is 7.78. The van der Waals surface area contributed by atoms with E-state index in [2.05, 4.69) is 21.4 Å². The van der Waals surface area contributed by atoms with Gasteiger partial charge in [-0.05, 0) is 30.7 Å². The summed E-state index contributed by atoms with van der Waals surface area (Å²) in [5.74, 6) is 0.0582. The Bertz CT molecular complexity index is 720. The number of hydrogen-bond donors (Lipinski definition) is 1. The van der Waals surface area contributed by atoms with Crippen LogP contribution in [0.1, 0.15) is 30.7 Å². The van der Waals surface area contributed by atoms with Crippen LogP contribution in [0, 0.1) is 12.8 Å². The molecule has 0 aliphatic rings. The molecule has 0 atom stereocenters. The van der Waals surface area contributed by atoms with E-state index >= 15 is 0 Å². The molecule has 0 saturated heterocycles. The molecule has 1 N–H and O–H groups in total. The predicted octanol–water partition coefficient (Wildman–Crippen LogP) is 3.38. The van der Waals surface area contributed by atoms with Crippen molar-refractivity contribution in [3.05, 3.63) is 53.2 Å². The van der Waals surface area contributed by atoms with E-state index in [0.717, 1.165) is 28.1 Å². The van der Waals surface area contributed by atoms with Crippen molar-refractivity contribution >= 4 is 12.1 Å². The molecule has 0 fully saturated rings. The van der Waals surface area contributed by atoms with Gasteiger partial charge in [0.1, 0.15) is 0 Å². The number of nitrogens with zero attached hydrogens (tertiary/aromatic N) is 2. The highest BCUT2D eigenvalue weighted by molar-refractivity contribution is 5.81. The van der Waals surface area contributed by atoms with Crippen molar-refractivity contribution in [2.75, 3.05) is 7.05 Å². The summed E-state index contributed by atoms with van der Waals surface area (Å²) in [4.78, 5) is 20.4. The van der Waals surface area contributed by atoms with E-state index < -0.39 is 0 Å². The molecule has 0 bridgehead atoms. The Hall–Kier alpha value is -2.49. The number of aliphatic imine (C=N–C) groups is 1. The predicted molar refractivity (Wildman–Crippen MR) is 94.6 cm³/mol. The van der Waals surface area contributed by atoms with E-state index in [1.54, 1.807) is 7.05 Å². The summed E-state index contributed by atoms with van der Waals surface area (Å²) in [5.41, 5.74) is 5.01. The number of carbonyl (C=O) groups is 1. The van der Waals surface area contributed by atoms with E-state index in [0.29, 0.717) is 6.54 Å². The molecule has 23 heavy (non-hydrogen) atoms. The van der Waals surface area contributed by atoms with E-state index in [1.807, 2.05) is 57.3 Å². The van der Waals surface area contributed by atoms with Crippen LogP contribution in [0.15, 0.2) is 41.4 Å². The molecule has 1 amide bonds. The van der Waals surface area contributed by atoms with Crippen LogP contribution in [0.4, 0.5) is 0 Å². The van der Waals surface area contributed by atoms with Gasteiger partial charge in [0.05, 0.1) is 5.69 Å². The Kier molecular flexibility index (Phi) is 5.63. The minimum atomic E-state index is -0.00438. The highest BCUT2D eigenvalue weighted by Crippen LogP contribution is 2.20. The summed E-state index contributed by atoms with van der Waals surface area (Å²) < 4.78 is 0. The lowest BCUT2D eigenvalue weighted by atomic mass is 10.1. The van der Waals surface area contributed by atoms with Gasteiger partial charge >= 0.3 is 0 Å². The molecule has 0 radical (unpaired) electrons. The second-order valence-electron chi connectivity index (χ2n) is 5.83. The maximum Gasteiger partial charge on any atom is 0.222 e. The fraction of sp³-hybridized carbons (Fsp3) is 0.316. The van der Waals surface area contributed by atoms with Crippen LogP contribution >= 0.6 is 0 Å².